The number of hydrogen-bond acceptors (Lipinski definition) is 4. The summed E-state index contributed by atoms with van der Waals surface area (Å²) < 4.78 is 26.8. The van der Waals surface area contributed by atoms with Crippen LogP contribution in [0.2, 0.25) is 0 Å². The van der Waals surface area contributed by atoms with Crippen LogP contribution < -0.4 is 0 Å². The van der Waals surface area contributed by atoms with Crippen molar-refractivity contribution in [2.24, 2.45) is 5.92 Å². The maximum Gasteiger partial charge on any atom is 0.329 e. The van der Waals surface area contributed by atoms with Crippen LogP contribution in [0.5, 0.6) is 0 Å². The second-order valence-corrected chi connectivity index (χ2v) is 8.71. The average molecular weight is 368 g/mol. The van der Waals surface area contributed by atoms with Crippen LogP contribution in [0.3, 0.4) is 0 Å². The lowest BCUT2D eigenvalue weighted by Gasteiger charge is -2.37. The fourth-order valence-electron chi connectivity index (χ4n) is 2.80. The number of likely N-dealkylation sites (N-methyl/N-ethyl adjacent to an activating group) is 1. The normalized spacial score (nSPS) is 19.4. The third kappa shape index (κ3) is 3.85. The molecule has 0 aliphatic carbocycles. The van der Waals surface area contributed by atoms with Crippen LogP contribution >= 0.6 is 0 Å². The molecule has 0 bridgehead atoms. The molecular formula is C17H24N2O5S. The minimum absolute atomic E-state index is 0.0656. The summed E-state index contributed by atoms with van der Waals surface area (Å²) in [4.78, 5) is 25.4. The first kappa shape index (κ1) is 19.4. The summed E-state index contributed by atoms with van der Waals surface area (Å²) in [6, 6.07) is 8.11. The Kier molecular flexibility index (Phi) is 5.53. The van der Waals surface area contributed by atoms with Crippen molar-refractivity contribution < 1.29 is 23.1 Å². The SMILES string of the molecule is CN(C(=O)C1CCCN(S(=O)(=O)c2ccccc2)C1)C(C)(C)C(=O)O. The van der Waals surface area contributed by atoms with E-state index in [9.17, 15) is 23.1 Å². The highest BCUT2D eigenvalue weighted by Gasteiger charge is 2.40. The number of carbonyl (C=O) groups excluding carboxylic acids is 1. The second kappa shape index (κ2) is 7.13. The minimum Gasteiger partial charge on any atom is -0.480 e. The molecule has 25 heavy (non-hydrogen) atoms. The van der Waals surface area contributed by atoms with E-state index >= 15 is 0 Å². The molecule has 138 valence electrons. The first-order valence-electron chi connectivity index (χ1n) is 8.14. The van der Waals surface area contributed by atoms with Crippen LogP contribution in [0.25, 0.3) is 0 Å². The van der Waals surface area contributed by atoms with Gasteiger partial charge in [-0.1, -0.05) is 18.2 Å². The van der Waals surface area contributed by atoms with Gasteiger partial charge in [-0.15, -0.1) is 0 Å². The van der Waals surface area contributed by atoms with Gasteiger partial charge in [-0.25, -0.2) is 13.2 Å². The van der Waals surface area contributed by atoms with Gasteiger partial charge >= 0.3 is 5.97 Å². The highest BCUT2D eigenvalue weighted by atomic mass is 32.2. The van der Waals surface area contributed by atoms with Crippen LogP contribution in [0.1, 0.15) is 26.7 Å². The Morgan fingerprint density at radius 2 is 1.84 bits per heavy atom. The lowest BCUT2D eigenvalue weighted by atomic mass is 9.95. The van der Waals surface area contributed by atoms with Gasteiger partial charge in [0.15, 0.2) is 0 Å². The molecular weight excluding hydrogens is 344 g/mol. The van der Waals surface area contributed by atoms with E-state index in [1.54, 1.807) is 18.2 Å². The summed E-state index contributed by atoms with van der Waals surface area (Å²) >= 11 is 0. The van der Waals surface area contributed by atoms with Gasteiger partial charge in [-0.3, -0.25) is 4.79 Å². The molecule has 1 atom stereocenters. The number of hydrogen-bond donors (Lipinski definition) is 1. The molecule has 0 aromatic heterocycles. The molecule has 1 aromatic carbocycles. The Balaban J connectivity index is 2.18. The number of aliphatic carboxylic acids is 1. The Hall–Kier alpha value is -1.93. The van der Waals surface area contributed by atoms with Crippen molar-refractivity contribution in [3.63, 3.8) is 0 Å². The largest absolute Gasteiger partial charge is 0.480 e. The van der Waals surface area contributed by atoms with E-state index in [1.165, 1.54) is 42.2 Å². The average Bonchev–Trinajstić information content (AvgIpc) is 2.61. The predicted molar refractivity (Wildman–Crippen MR) is 92.4 cm³/mol. The molecule has 8 heteroatoms. The number of nitrogens with zero attached hydrogens (tertiary/aromatic N) is 2. The lowest BCUT2D eigenvalue weighted by Crippen LogP contribution is -2.55. The molecule has 1 fully saturated rings. The molecule has 1 heterocycles. The van der Waals surface area contributed by atoms with Gasteiger partial charge in [0.1, 0.15) is 5.54 Å². The van der Waals surface area contributed by atoms with Gasteiger partial charge in [0, 0.05) is 20.1 Å². The highest BCUT2D eigenvalue weighted by molar-refractivity contribution is 7.89. The summed E-state index contributed by atoms with van der Waals surface area (Å²) in [7, 11) is -2.21. The molecule has 1 unspecified atom stereocenters. The first-order chi connectivity index (χ1) is 11.6. The first-order valence-corrected chi connectivity index (χ1v) is 9.58. The fourth-order valence-corrected chi connectivity index (χ4v) is 4.34. The van der Waals surface area contributed by atoms with E-state index in [4.69, 9.17) is 0 Å². The maximum atomic E-state index is 12.7. The van der Waals surface area contributed by atoms with E-state index < -0.39 is 27.4 Å². The second-order valence-electron chi connectivity index (χ2n) is 6.78. The third-order valence-electron chi connectivity index (χ3n) is 4.81. The molecule has 1 amide bonds. The summed E-state index contributed by atoms with van der Waals surface area (Å²) in [5, 5.41) is 9.29. The standard InChI is InChI=1S/C17H24N2O5S/c1-17(2,16(21)22)18(3)15(20)13-8-7-11-19(12-13)25(23,24)14-9-5-4-6-10-14/h4-6,9-10,13H,7-8,11-12H2,1-3H3,(H,21,22). The van der Waals surface area contributed by atoms with E-state index in [1.807, 2.05) is 0 Å². The number of rotatable bonds is 5. The van der Waals surface area contributed by atoms with Crippen LogP contribution in [0, 0.1) is 5.92 Å². The lowest BCUT2D eigenvalue weighted by molar-refractivity contribution is -0.157. The molecule has 1 aromatic rings. The quantitative estimate of drug-likeness (QED) is 0.848. The van der Waals surface area contributed by atoms with Gasteiger partial charge < -0.3 is 10.0 Å². The highest BCUT2D eigenvalue weighted by Crippen LogP contribution is 2.26. The van der Waals surface area contributed by atoms with Crippen LogP contribution in [0.4, 0.5) is 0 Å². The summed E-state index contributed by atoms with van der Waals surface area (Å²) in [5.74, 6) is -2.00. The van der Waals surface area contributed by atoms with Crippen molar-refractivity contribution in [3.8, 4) is 0 Å². The number of sulfonamides is 1. The Morgan fingerprint density at radius 3 is 2.40 bits per heavy atom. The summed E-state index contributed by atoms with van der Waals surface area (Å²) in [6.45, 7) is 3.33. The molecule has 1 saturated heterocycles. The van der Waals surface area contributed by atoms with Gasteiger partial charge in [-0.05, 0) is 38.8 Å². The molecule has 1 aliphatic rings. The van der Waals surface area contributed by atoms with Crippen molar-refractivity contribution in [3.05, 3.63) is 30.3 Å². The molecule has 0 saturated carbocycles. The zero-order valence-electron chi connectivity index (χ0n) is 14.7. The van der Waals surface area contributed by atoms with Crippen LogP contribution in [-0.2, 0) is 19.6 Å². The van der Waals surface area contributed by atoms with Crippen molar-refractivity contribution in [1.82, 2.24) is 9.21 Å². The maximum absolute atomic E-state index is 12.7. The van der Waals surface area contributed by atoms with E-state index in [-0.39, 0.29) is 17.3 Å². The van der Waals surface area contributed by atoms with Crippen LogP contribution in [-0.4, -0.2) is 60.3 Å². The topological polar surface area (TPSA) is 95.0 Å². The summed E-state index contributed by atoms with van der Waals surface area (Å²) in [5.41, 5.74) is -1.35. The predicted octanol–water partition coefficient (Wildman–Crippen LogP) is 1.41. The smallest absolute Gasteiger partial charge is 0.329 e. The molecule has 0 radical (unpaired) electrons. The minimum atomic E-state index is -3.66. The van der Waals surface area contributed by atoms with Crippen molar-refractivity contribution >= 4 is 21.9 Å². The molecule has 1 N–H and O–H groups in total. The fraction of sp³-hybridized carbons (Fsp3) is 0.529. The van der Waals surface area contributed by atoms with Crippen molar-refractivity contribution in [1.29, 1.82) is 0 Å². The Morgan fingerprint density at radius 1 is 1.24 bits per heavy atom. The molecule has 2 rings (SSSR count). The number of piperidine rings is 1. The Bertz CT molecular complexity index is 746. The number of amides is 1. The number of carboxylic acid groups (broad SMARTS) is 1. The molecule has 0 spiro atoms. The Labute approximate surface area is 148 Å². The number of carbonyl (C=O) groups is 2. The van der Waals surface area contributed by atoms with Gasteiger partial charge in [-0.2, -0.15) is 4.31 Å². The van der Waals surface area contributed by atoms with Crippen molar-refractivity contribution in [2.45, 2.75) is 37.1 Å². The monoisotopic (exact) mass is 368 g/mol. The zero-order valence-corrected chi connectivity index (χ0v) is 15.5. The van der Waals surface area contributed by atoms with E-state index in [0.717, 1.165) is 0 Å². The van der Waals surface area contributed by atoms with Crippen LogP contribution in [0.15, 0.2) is 35.2 Å². The van der Waals surface area contributed by atoms with E-state index in [0.29, 0.717) is 19.4 Å². The summed E-state index contributed by atoms with van der Waals surface area (Å²) in [6.07, 6.45) is 1.10. The molecule has 1 aliphatic heterocycles. The van der Waals surface area contributed by atoms with Crippen molar-refractivity contribution in [2.75, 3.05) is 20.1 Å². The van der Waals surface area contributed by atoms with E-state index in [2.05, 4.69) is 0 Å². The number of benzene rings is 1. The number of carboxylic acids is 1. The van der Waals surface area contributed by atoms with Gasteiger partial charge in [0.05, 0.1) is 10.8 Å². The third-order valence-corrected chi connectivity index (χ3v) is 6.69. The van der Waals surface area contributed by atoms with Gasteiger partial charge in [0.2, 0.25) is 15.9 Å². The zero-order chi connectivity index (χ0) is 18.8. The molecule has 7 nitrogen and oxygen atoms in total. The van der Waals surface area contributed by atoms with Gasteiger partial charge in [0.25, 0.3) is 0 Å².